The predicted octanol–water partition coefficient (Wildman–Crippen LogP) is 1.68. The quantitative estimate of drug-likeness (QED) is 0.105. The highest BCUT2D eigenvalue weighted by molar-refractivity contribution is 7.87. The van der Waals surface area contributed by atoms with Crippen molar-refractivity contribution in [1.82, 2.24) is 0 Å². The first-order valence-corrected chi connectivity index (χ1v) is 14.3. The second-order valence-corrected chi connectivity index (χ2v) is 10.9. The average Bonchev–Trinajstić information content (AvgIpc) is 2.74. The second kappa shape index (κ2) is 18.9. The number of carboxylic acids is 2. The minimum Gasteiger partial charge on any atom is -0.481 e. The topological polar surface area (TPSA) is 236 Å². The summed E-state index contributed by atoms with van der Waals surface area (Å²) in [5.74, 6) is -5.45. The molecule has 0 aliphatic rings. The summed E-state index contributed by atoms with van der Waals surface area (Å²) in [7, 11) is -9.56. The van der Waals surface area contributed by atoms with E-state index >= 15 is 0 Å². The van der Waals surface area contributed by atoms with E-state index in [9.17, 15) is 36.0 Å². The lowest BCUT2D eigenvalue weighted by Crippen LogP contribution is -2.34. The molecule has 0 amide bonds. The fourth-order valence-corrected chi connectivity index (χ4v) is 3.77. The van der Waals surface area contributed by atoms with Crippen LogP contribution in [0, 0.1) is 0 Å². The molecule has 0 saturated heterocycles. The summed E-state index contributed by atoms with van der Waals surface area (Å²) >= 11 is 0. The maximum Gasteiger partial charge on any atom is 0.327 e. The number of rotatable bonds is 18. The molecule has 0 saturated carbocycles. The van der Waals surface area contributed by atoms with E-state index in [2.05, 4.69) is 6.92 Å². The van der Waals surface area contributed by atoms with Gasteiger partial charge in [0.15, 0.2) is 10.5 Å². The Labute approximate surface area is 210 Å². The van der Waals surface area contributed by atoms with Crippen molar-refractivity contribution in [2.24, 2.45) is 0 Å². The van der Waals surface area contributed by atoms with Crippen molar-refractivity contribution in [2.45, 2.75) is 88.6 Å². The molecule has 0 aromatic rings. The third-order valence-corrected chi connectivity index (χ3v) is 6.64. The largest absolute Gasteiger partial charge is 0.481 e. The Balaban J connectivity index is 0. The van der Waals surface area contributed by atoms with Gasteiger partial charge in [-0.3, -0.25) is 28.3 Å². The van der Waals surface area contributed by atoms with E-state index in [-0.39, 0.29) is 13.2 Å². The first-order valence-electron chi connectivity index (χ1n) is 11.3. The fraction of sp³-hybridized carbons (Fsp3) is 0.800. The zero-order valence-corrected chi connectivity index (χ0v) is 22.0. The maximum absolute atomic E-state index is 11.8. The molecular weight excluding hydrogens is 528 g/mol. The summed E-state index contributed by atoms with van der Waals surface area (Å²) in [6.45, 7) is 4.32. The zero-order chi connectivity index (χ0) is 28.4. The highest BCUT2D eigenvalue weighted by Crippen LogP contribution is 2.10. The van der Waals surface area contributed by atoms with Crippen LogP contribution in [-0.2, 0) is 48.9 Å². The smallest absolute Gasteiger partial charge is 0.327 e. The molecule has 0 aromatic carbocycles. The SMILES string of the molecule is CCCCCCOC(=O)CC(C(=O)OCCCCCC)S(=O)(=O)O.O=C(O)CC(C(=O)O)S(=O)(=O)O. The number of hydrogen-bond donors (Lipinski definition) is 4. The van der Waals surface area contributed by atoms with Gasteiger partial charge in [0.1, 0.15) is 0 Å². The molecule has 2 atom stereocenters. The molecule has 212 valence electrons. The molecule has 0 spiro atoms. The van der Waals surface area contributed by atoms with Gasteiger partial charge in [0.2, 0.25) is 0 Å². The molecule has 0 aliphatic carbocycles. The molecule has 0 heterocycles. The number of esters is 2. The molecule has 16 heteroatoms. The molecular formula is C20H36O14S2. The molecule has 14 nitrogen and oxygen atoms in total. The van der Waals surface area contributed by atoms with Crippen LogP contribution in [-0.4, -0.2) is 83.7 Å². The van der Waals surface area contributed by atoms with Gasteiger partial charge in [-0.25, -0.2) is 0 Å². The van der Waals surface area contributed by atoms with E-state index in [1.165, 1.54) is 0 Å². The highest BCUT2D eigenvalue weighted by atomic mass is 32.2. The monoisotopic (exact) mass is 564 g/mol. The van der Waals surface area contributed by atoms with Gasteiger partial charge in [0.25, 0.3) is 20.2 Å². The van der Waals surface area contributed by atoms with E-state index in [1.807, 2.05) is 6.92 Å². The molecule has 4 N–H and O–H groups in total. The van der Waals surface area contributed by atoms with Crippen LogP contribution >= 0.6 is 0 Å². The number of ether oxygens (including phenoxy) is 2. The molecule has 2 unspecified atom stereocenters. The molecule has 0 fully saturated rings. The Bertz CT molecular complexity index is 895. The van der Waals surface area contributed by atoms with Crippen LogP contribution in [0.2, 0.25) is 0 Å². The van der Waals surface area contributed by atoms with Crippen molar-refractivity contribution in [1.29, 1.82) is 0 Å². The van der Waals surface area contributed by atoms with Gasteiger partial charge in [-0.05, 0) is 12.8 Å². The van der Waals surface area contributed by atoms with E-state index < -0.39 is 67.5 Å². The highest BCUT2D eigenvalue weighted by Gasteiger charge is 2.35. The normalized spacial score (nSPS) is 13.0. The first kappa shape index (κ1) is 35.9. The number of unbranched alkanes of at least 4 members (excludes halogenated alkanes) is 6. The maximum atomic E-state index is 11.8. The summed E-state index contributed by atoms with van der Waals surface area (Å²) in [5.41, 5.74) is 0. The summed E-state index contributed by atoms with van der Waals surface area (Å²) in [5, 5.41) is 12.0. The molecule has 0 aromatic heterocycles. The van der Waals surface area contributed by atoms with Crippen molar-refractivity contribution in [3.63, 3.8) is 0 Å². The third kappa shape index (κ3) is 19.0. The van der Waals surface area contributed by atoms with Gasteiger partial charge < -0.3 is 19.7 Å². The minimum atomic E-state index is -4.84. The standard InChI is InChI=1S/C16H30O7S.C4H6O7S/c1-3-5-7-9-11-22-15(17)13-14(24(19,20)21)16(18)23-12-10-8-6-4-2;5-3(6)1-2(4(7)8)12(9,10)11/h14H,3-13H2,1-2H3,(H,19,20,21);2H,1H2,(H,5,6)(H,7,8)(H,9,10,11). The molecule has 0 rings (SSSR count). The first-order chi connectivity index (χ1) is 16.6. The summed E-state index contributed by atoms with van der Waals surface area (Å²) in [6.07, 6.45) is 5.24. The second-order valence-electron chi connectivity index (χ2n) is 7.66. The summed E-state index contributed by atoms with van der Waals surface area (Å²) < 4.78 is 70.2. The lowest BCUT2D eigenvalue weighted by molar-refractivity contribution is -0.150. The van der Waals surface area contributed by atoms with Crippen LogP contribution in [0.25, 0.3) is 0 Å². The van der Waals surface area contributed by atoms with Crippen molar-refractivity contribution in [2.75, 3.05) is 13.2 Å². The van der Waals surface area contributed by atoms with Crippen molar-refractivity contribution in [3.05, 3.63) is 0 Å². The Morgan fingerprint density at radius 2 is 1.11 bits per heavy atom. The molecule has 0 aliphatic heterocycles. The summed E-state index contributed by atoms with van der Waals surface area (Å²) in [4.78, 5) is 43.5. The van der Waals surface area contributed by atoms with Crippen molar-refractivity contribution >= 4 is 44.1 Å². The zero-order valence-electron chi connectivity index (χ0n) is 20.3. The van der Waals surface area contributed by atoms with Crippen molar-refractivity contribution < 1.29 is 64.8 Å². The van der Waals surface area contributed by atoms with Crippen LogP contribution in [0.1, 0.15) is 78.1 Å². The van der Waals surface area contributed by atoms with Gasteiger partial charge in [-0.15, -0.1) is 0 Å². The van der Waals surface area contributed by atoms with Crippen LogP contribution in [0.5, 0.6) is 0 Å². The molecule has 0 bridgehead atoms. The van der Waals surface area contributed by atoms with Crippen molar-refractivity contribution in [3.8, 4) is 0 Å². The average molecular weight is 565 g/mol. The van der Waals surface area contributed by atoms with Gasteiger partial charge in [-0.2, -0.15) is 16.8 Å². The summed E-state index contributed by atoms with van der Waals surface area (Å²) in [6, 6.07) is 0. The number of carbonyl (C=O) groups is 4. The number of carbonyl (C=O) groups excluding carboxylic acids is 2. The van der Waals surface area contributed by atoms with Gasteiger partial charge in [0.05, 0.1) is 26.1 Å². The Morgan fingerprint density at radius 3 is 1.44 bits per heavy atom. The van der Waals surface area contributed by atoms with Crippen LogP contribution in [0.15, 0.2) is 0 Å². The lowest BCUT2D eigenvalue weighted by Gasteiger charge is -2.13. The van der Waals surface area contributed by atoms with Gasteiger partial charge in [-0.1, -0.05) is 52.4 Å². The van der Waals surface area contributed by atoms with Gasteiger partial charge in [0, 0.05) is 0 Å². The van der Waals surface area contributed by atoms with Crippen LogP contribution in [0.4, 0.5) is 0 Å². The number of carboxylic acid groups (broad SMARTS) is 2. The minimum absolute atomic E-state index is 0.0664. The van der Waals surface area contributed by atoms with Crippen LogP contribution < -0.4 is 0 Å². The van der Waals surface area contributed by atoms with Gasteiger partial charge >= 0.3 is 23.9 Å². The number of hydrogen-bond acceptors (Lipinski definition) is 10. The Kier molecular flexibility index (Phi) is 18.8. The molecule has 0 radical (unpaired) electrons. The van der Waals surface area contributed by atoms with E-state index in [4.69, 9.17) is 28.8 Å². The third-order valence-electron chi connectivity index (χ3n) is 4.47. The van der Waals surface area contributed by atoms with E-state index in [0.717, 1.165) is 38.5 Å². The lowest BCUT2D eigenvalue weighted by atomic mass is 10.2. The fourth-order valence-electron chi connectivity index (χ4n) is 2.51. The molecule has 36 heavy (non-hydrogen) atoms. The Morgan fingerprint density at radius 1 is 0.667 bits per heavy atom. The Hall–Kier alpha value is -2.30. The number of aliphatic carboxylic acids is 2. The predicted molar refractivity (Wildman–Crippen MR) is 125 cm³/mol. The van der Waals surface area contributed by atoms with Crippen LogP contribution in [0.3, 0.4) is 0 Å². The van der Waals surface area contributed by atoms with E-state index in [0.29, 0.717) is 12.8 Å². The van der Waals surface area contributed by atoms with E-state index in [1.54, 1.807) is 0 Å².